The molecule has 13 nitrogen and oxygen atoms in total. The summed E-state index contributed by atoms with van der Waals surface area (Å²) in [5.74, 6) is -7.02. The number of nitrogens with one attached hydrogen (secondary N) is 3. The highest BCUT2D eigenvalue weighted by Gasteiger charge is 2.31. The summed E-state index contributed by atoms with van der Waals surface area (Å²) in [4.78, 5) is 69.0. The third-order valence-corrected chi connectivity index (χ3v) is 4.00. The number of hydrogen-bond acceptors (Lipinski definition) is 7. The fourth-order valence-electron chi connectivity index (χ4n) is 2.25. The molecule has 0 saturated carbocycles. The van der Waals surface area contributed by atoms with E-state index in [2.05, 4.69) is 16.0 Å². The smallest absolute Gasteiger partial charge is 0.326 e. The van der Waals surface area contributed by atoms with Crippen molar-refractivity contribution < 1.29 is 44.1 Å². The Balaban J connectivity index is 4.99. The van der Waals surface area contributed by atoms with Crippen LogP contribution in [-0.2, 0) is 28.8 Å². The van der Waals surface area contributed by atoms with Crippen LogP contribution in [0.25, 0.3) is 0 Å². The van der Waals surface area contributed by atoms with Gasteiger partial charge in [-0.15, -0.1) is 0 Å². The third-order valence-electron chi connectivity index (χ3n) is 4.00. The molecule has 0 saturated heterocycles. The summed E-state index contributed by atoms with van der Waals surface area (Å²) in [5, 5.41) is 33.1. The quantitative estimate of drug-likeness (QED) is 0.167. The molecule has 13 heteroatoms. The van der Waals surface area contributed by atoms with Crippen molar-refractivity contribution in [2.24, 2.45) is 11.7 Å². The second-order valence-electron chi connectivity index (χ2n) is 7.00. The number of aliphatic carboxylic acids is 3. The van der Waals surface area contributed by atoms with E-state index < -0.39 is 72.1 Å². The van der Waals surface area contributed by atoms with Crippen LogP contribution in [0.4, 0.5) is 0 Å². The fourth-order valence-corrected chi connectivity index (χ4v) is 2.25. The van der Waals surface area contributed by atoms with E-state index in [0.29, 0.717) is 0 Å². The molecule has 0 aromatic rings. The third kappa shape index (κ3) is 9.82. The summed E-state index contributed by atoms with van der Waals surface area (Å²) in [6.45, 7) is 4.46. The molecule has 0 fully saturated rings. The molecule has 0 aliphatic heterocycles. The van der Waals surface area contributed by atoms with Gasteiger partial charge >= 0.3 is 17.9 Å². The van der Waals surface area contributed by atoms with Crippen LogP contribution in [0.2, 0.25) is 0 Å². The predicted molar refractivity (Wildman–Crippen MR) is 101 cm³/mol. The Morgan fingerprint density at radius 2 is 1.37 bits per heavy atom. The minimum atomic E-state index is -1.68. The molecule has 4 atom stereocenters. The zero-order valence-electron chi connectivity index (χ0n) is 16.9. The molecule has 0 radical (unpaired) electrons. The fraction of sp³-hybridized carbons (Fsp3) is 0.647. The SMILES string of the molecule is CC(NC(=O)C(N)CCC(=O)O)C(=O)NC(C(=O)NC(CC(=O)O)C(=O)O)C(C)C. The van der Waals surface area contributed by atoms with Gasteiger partial charge in [0.05, 0.1) is 12.5 Å². The predicted octanol–water partition coefficient (Wildman–Crippen LogP) is -2.13. The van der Waals surface area contributed by atoms with Gasteiger partial charge in [0.1, 0.15) is 18.1 Å². The first-order valence-corrected chi connectivity index (χ1v) is 9.09. The van der Waals surface area contributed by atoms with E-state index in [-0.39, 0.29) is 12.8 Å². The van der Waals surface area contributed by atoms with Crippen LogP contribution in [0, 0.1) is 5.92 Å². The largest absolute Gasteiger partial charge is 0.481 e. The molecule has 0 spiro atoms. The van der Waals surface area contributed by atoms with E-state index >= 15 is 0 Å². The van der Waals surface area contributed by atoms with E-state index in [4.69, 9.17) is 21.1 Å². The maximum Gasteiger partial charge on any atom is 0.326 e. The normalized spacial score (nSPS) is 14.7. The van der Waals surface area contributed by atoms with Crippen molar-refractivity contribution in [2.45, 2.75) is 64.2 Å². The molecule has 4 unspecified atom stereocenters. The molecule has 3 amide bonds. The molecule has 0 heterocycles. The van der Waals surface area contributed by atoms with Gasteiger partial charge in [0, 0.05) is 6.42 Å². The van der Waals surface area contributed by atoms with Gasteiger partial charge in [0.25, 0.3) is 0 Å². The molecule has 0 bridgehead atoms. The topological polar surface area (TPSA) is 225 Å². The number of carbonyl (C=O) groups excluding carboxylic acids is 3. The van der Waals surface area contributed by atoms with Gasteiger partial charge in [-0.25, -0.2) is 4.79 Å². The highest BCUT2D eigenvalue weighted by atomic mass is 16.4. The lowest BCUT2D eigenvalue weighted by molar-refractivity contribution is -0.147. The van der Waals surface area contributed by atoms with Crippen molar-refractivity contribution in [1.29, 1.82) is 0 Å². The van der Waals surface area contributed by atoms with Gasteiger partial charge in [-0.2, -0.15) is 0 Å². The lowest BCUT2D eigenvalue weighted by Gasteiger charge is -2.25. The number of hydrogen-bond donors (Lipinski definition) is 7. The van der Waals surface area contributed by atoms with Gasteiger partial charge in [0.2, 0.25) is 17.7 Å². The van der Waals surface area contributed by atoms with Crippen LogP contribution < -0.4 is 21.7 Å². The van der Waals surface area contributed by atoms with E-state index in [1.165, 1.54) is 6.92 Å². The lowest BCUT2D eigenvalue weighted by atomic mass is 10.0. The van der Waals surface area contributed by atoms with Crippen molar-refractivity contribution in [3.05, 3.63) is 0 Å². The first kappa shape index (κ1) is 26.8. The Morgan fingerprint density at radius 1 is 0.800 bits per heavy atom. The minimum absolute atomic E-state index is 0.132. The number of rotatable bonds is 13. The Hall–Kier alpha value is -3.22. The number of nitrogens with two attached hydrogens (primary N) is 1. The van der Waals surface area contributed by atoms with Gasteiger partial charge in [-0.3, -0.25) is 24.0 Å². The Labute approximate surface area is 172 Å². The molecule has 0 rings (SSSR count). The van der Waals surface area contributed by atoms with Crippen molar-refractivity contribution in [1.82, 2.24) is 16.0 Å². The molecule has 0 aliphatic rings. The second-order valence-corrected chi connectivity index (χ2v) is 7.00. The van der Waals surface area contributed by atoms with Crippen molar-refractivity contribution in [3.8, 4) is 0 Å². The number of amides is 3. The zero-order valence-corrected chi connectivity index (χ0v) is 16.9. The number of carbonyl (C=O) groups is 6. The molecule has 170 valence electrons. The molecule has 8 N–H and O–H groups in total. The Kier molecular flexibility index (Phi) is 11.0. The molecular weight excluding hydrogens is 404 g/mol. The summed E-state index contributed by atoms with van der Waals surface area (Å²) >= 11 is 0. The van der Waals surface area contributed by atoms with Crippen molar-refractivity contribution >= 4 is 35.6 Å². The molecule has 0 aromatic heterocycles. The zero-order chi connectivity index (χ0) is 23.6. The summed E-state index contributed by atoms with van der Waals surface area (Å²) in [7, 11) is 0. The number of carboxylic acids is 3. The average Bonchev–Trinajstić information content (AvgIpc) is 2.61. The van der Waals surface area contributed by atoms with Crippen LogP contribution in [0.1, 0.15) is 40.0 Å². The average molecular weight is 432 g/mol. The molecule has 0 aliphatic carbocycles. The van der Waals surface area contributed by atoms with Gasteiger partial charge in [0.15, 0.2) is 0 Å². The monoisotopic (exact) mass is 432 g/mol. The second kappa shape index (κ2) is 12.4. The van der Waals surface area contributed by atoms with E-state index in [9.17, 15) is 28.8 Å². The van der Waals surface area contributed by atoms with Crippen LogP contribution in [0.5, 0.6) is 0 Å². The summed E-state index contributed by atoms with van der Waals surface area (Å²) in [6, 6.07) is -5.16. The molecule has 30 heavy (non-hydrogen) atoms. The highest BCUT2D eigenvalue weighted by Crippen LogP contribution is 2.05. The van der Waals surface area contributed by atoms with Gasteiger partial charge in [-0.1, -0.05) is 13.8 Å². The van der Waals surface area contributed by atoms with Gasteiger partial charge in [-0.05, 0) is 19.3 Å². The molecule has 0 aromatic carbocycles. The summed E-state index contributed by atoms with van der Waals surface area (Å²) in [5.41, 5.74) is 5.56. The maximum absolute atomic E-state index is 12.4. The van der Waals surface area contributed by atoms with E-state index in [1.807, 2.05) is 0 Å². The van der Waals surface area contributed by atoms with Crippen LogP contribution >= 0.6 is 0 Å². The first-order valence-electron chi connectivity index (χ1n) is 9.09. The Bertz CT molecular complexity index is 680. The van der Waals surface area contributed by atoms with Crippen LogP contribution in [0.15, 0.2) is 0 Å². The van der Waals surface area contributed by atoms with Crippen molar-refractivity contribution in [2.75, 3.05) is 0 Å². The van der Waals surface area contributed by atoms with Crippen molar-refractivity contribution in [3.63, 3.8) is 0 Å². The number of carboxylic acid groups (broad SMARTS) is 3. The lowest BCUT2D eigenvalue weighted by Crippen LogP contribution is -2.58. The van der Waals surface area contributed by atoms with Crippen LogP contribution in [-0.4, -0.2) is 75.1 Å². The summed E-state index contributed by atoms with van der Waals surface area (Å²) in [6.07, 6.45) is -1.31. The van der Waals surface area contributed by atoms with E-state index in [0.717, 1.165) is 0 Å². The summed E-state index contributed by atoms with van der Waals surface area (Å²) < 4.78 is 0. The molecular formula is C17H28N4O9. The van der Waals surface area contributed by atoms with Gasteiger partial charge < -0.3 is 37.0 Å². The highest BCUT2D eigenvalue weighted by molar-refractivity contribution is 5.94. The van der Waals surface area contributed by atoms with E-state index in [1.54, 1.807) is 13.8 Å². The standard InChI is InChI=1S/C17H28N4O9/c1-7(2)13(16(28)20-10(17(29)30)6-12(24)25)21-14(26)8(3)19-15(27)9(18)4-5-11(22)23/h7-10,13H,4-6,18H2,1-3H3,(H,19,27)(H,20,28)(H,21,26)(H,22,23)(H,24,25)(H,29,30). The minimum Gasteiger partial charge on any atom is -0.481 e. The first-order chi connectivity index (χ1) is 13.8. The van der Waals surface area contributed by atoms with Crippen LogP contribution in [0.3, 0.4) is 0 Å². The maximum atomic E-state index is 12.4. The Morgan fingerprint density at radius 3 is 1.80 bits per heavy atom.